The molecule has 2 aromatic rings. The number of rotatable bonds is 7. The fourth-order valence-corrected chi connectivity index (χ4v) is 2.44. The molecular weight excluding hydrogens is 377 g/mol. The molecule has 6 nitrogen and oxygen atoms in total. The van der Waals surface area contributed by atoms with Gasteiger partial charge in [-0.2, -0.15) is 0 Å². The molecule has 1 N–H and O–H groups in total. The summed E-state index contributed by atoms with van der Waals surface area (Å²) < 4.78 is 23.2. The molecular formula is C19H17ClFNO5. The molecule has 8 heteroatoms. The van der Waals surface area contributed by atoms with Crippen molar-refractivity contribution in [1.82, 2.24) is 0 Å². The predicted octanol–water partition coefficient (Wildman–Crippen LogP) is 3.41. The van der Waals surface area contributed by atoms with Gasteiger partial charge in [-0.05, 0) is 43.3 Å². The van der Waals surface area contributed by atoms with Gasteiger partial charge in [-0.3, -0.25) is 14.4 Å². The largest absolute Gasteiger partial charge is 0.496 e. The minimum absolute atomic E-state index is 0.137. The van der Waals surface area contributed by atoms with Gasteiger partial charge in [-0.1, -0.05) is 11.6 Å². The third-order valence-corrected chi connectivity index (χ3v) is 3.88. The van der Waals surface area contributed by atoms with E-state index in [-0.39, 0.29) is 22.9 Å². The van der Waals surface area contributed by atoms with Crippen LogP contribution in [0, 0.1) is 5.82 Å². The van der Waals surface area contributed by atoms with Gasteiger partial charge < -0.3 is 14.8 Å². The highest BCUT2D eigenvalue weighted by molar-refractivity contribution is 6.31. The Kier molecular flexibility index (Phi) is 6.90. The summed E-state index contributed by atoms with van der Waals surface area (Å²) >= 11 is 5.63. The first-order valence-electron chi connectivity index (χ1n) is 7.88. The van der Waals surface area contributed by atoms with E-state index in [0.717, 1.165) is 6.07 Å². The average Bonchev–Trinajstić information content (AvgIpc) is 2.63. The number of nitrogens with one attached hydrogen (secondary N) is 1. The highest BCUT2D eigenvalue weighted by atomic mass is 35.5. The van der Waals surface area contributed by atoms with Crippen molar-refractivity contribution in [1.29, 1.82) is 0 Å². The molecule has 0 saturated carbocycles. The maximum atomic E-state index is 13.1. The van der Waals surface area contributed by atoms with Gasteiger partial charge in [-0.15, -0.1) is 0 Å². The molecule has 2 aromatic carbocycles. The number of benzene rings is 2. The molecule has 0 radical (unpaired) electrons. The summed E-state index contributed by atoms with van der Waals surface area (Å²) in [6.45, 7) is 0.887. The Hall–Kier alpha value is -2.93. The number of anilines is 1. The summed E-state index contributed by atoms with van der Waals surface area (Å²) in [5.74, 6) is -1.59. The van der Waals surface area contributed by atoms with Crippen molar-refractivity contribution in [2.75, 3.05) is 19.0 Å². The molecule has 0 aliphatic heterocycles. The Morgan fingerprint density at radius 3 is 2.52 bits per heavy atom. The van der Waals surface area contributed by atoms with Gasteiger partial charge in [0.25, 0.3) is 5.91 Å². The molecule has 27 heavy (non-hydrogen) atoms. The van der Waals surface area contributed by atoms with Crippen molar-refractivity contribution in [2.24, 2.45) is 0 Å². The first-order valence-corrected chi connectivity index (χ1v) is 8.26. The minimum atomic E-state index is -0.665. The van der Waals surface area contributed by atoms with Crippen molar-refractivity contribution in [3.8, 4) is 5.75 Å². The fourth-order valence-electron chi connectivity index (χ4n) is 2.26. The predicted molar refractivity (Wildman–Crippen MR) is 97.7 cm³/mol. The van der Waals surface area contributed by atoms with Crippen molar-refractivity contribution >= 4 is 34.9 Å². The molecule has 1 amide bonds. The first-order chi connectivity index (χ1) is 12.8. The third-order valence-electron chi connectivity index (χ3n) is 3.59. The van der Waals surface area contributed by atoms with Gasteiger partial charge >= 0.3 is 5.97 Å². The van der Waals surface area contributed by atoms with Gasteiger partial charge in [-0.25, -0.2) is 4.39 Å². The quantitative estimate of drug-likeness (QED) is 0.575. The van der Waals surface area contributed by atoms with E-state index in [1.165, 1.54) is 26.2 Å². The first kappa shape index (κ1) is 20.4. The van der Waals surface area contributed by atoms with Crippen LogP contribution in [0.5, 0.6) is 5.75 Å². The van der Waals surface area contributed by atoms with E-state index < -0.39 is 24.3 Å². The summed E-state index contributed by atoms with van der Waals surface area (Å²) in [6.07, 6.45) is -0.167. The van der Waals surface area contributed by atoms with Crippen LogP contribution in [0.2, 0.25) is 5.02 Å². The minimum Gasteiger partial charge on any atom is -0.496 e. The second-order valence-corrected chi connectivity index (χ2v) is 6.00. The lowest BCUT2D eigenvalue weighted by Crippen LogP contribution is -2.21. The van der Waals surface area contributed by atoms with E-state index in [1.807, 2.05) is 0 Å². The van der Waals surface area contributed by atoms with Gasteiger partial charge in [0.1, 0.15) is 11.6 Å². The van der Waals surface area contributed by atoms with Crippen LogP contribution < -0.4 is 10.1 Å². The zero-order valence-electron chi connectivity index (χ0n) is 14.7. The third kappa shape index (κ3) is 5.79. The molecule has 2 rings (SSSR count). The van der Waals surface area contributed by atoms with Crippen molar-refractivity contribution < 1.29 is 28.2 Å². The van der Waals surface area contributed by atoms with Gasteiger partial charge in [0.2, 0.25) is 0 Å². The summed E-state index contributed by atoms with van der Waals surface area (Å²) in [4.78, 5) is 35.3. The van der Waals surface area contributed by atoms with Crippen LogP contribution in [-0.4, -0.2) is 31.4 Å². The number of carbonyl (C=O) groups excluding carboxylic acids is 3. The number of carbonyl (C=O) groups is 3. The van der Waals surface area contributed by atoms with Crippen LogP contribution in [0.4, 0.5) is 10.1 Å². The van der Waals surface area contributed by atoms with Crippen LogP contribution in [-0.2, 0) is 20.7 Å². The monoisotopic (exact) mass is 393 g/mol. The number of esters is 1. The molecule has 0 aliphatic carbocycles. The maximum absolute atomic E-state index is 13.1. The van der Waals surface area contributed by atoms with E-state index in [0.29, 0.717) is 16.9 Å². The van der Waals surface area contributed by atoms with E-state index >= 15 is 0 Å². The Bertz CT molecular complexity index is 884. The van der Waals surface area contributed by atoms with Crippen molar-refractivity contribution in [2.45, 2.75) is 13.3 Å². The van der Waals surface area contributed by atoms with E-state index in [4.69, 9.17) is 21.1 Å². The standard InChI is InChI=1S/C19H17ClFNO5/c1-11(23)12-3-6-17(26-2)13(7-12)8-19(25)27-10-18(24)22-14-4-5-16(21)15(20)9-14/h3-7,9H,8,10H2,1-2H3,(H,22,24). The summed E-state index contributed by atoms with van der Waals surface area (Å²) in [6, 6.07) is 8.41. The maximum Gasteiger partial charge on any atom is 0.310 e. The van der Waals surface area contributed by atoms with Crippen LogP contribution in [0.15, 0.2) is 36.4 Å². The molecule has 0 fully saturated rings. The SMILES string of the molecule is COc1ccc(C(C)=O)cc1CC(=O)OCC(=O)Nc1ccc(F)c(Cl)c1. The number of ketones is 1. The van der Waals surface area contributed by atoms with Crippen LogP contribution in [0.25, 0.3) is 0 Å². The van der Waals surface area contributed by atoms with Crippen LogP contribution in [0.1, 0.15) is 22.8 Å². The number of hydrogen-bond acceptors (Lipinski definition) is 5. The van der Waals surface area contributed by atoms with E-state index in [1.54, 1.807) is 18.2 Å². The van der Waals surface area contributed by atoms with Crippen molar-refractivity contribution in [3.63, 3.8) is 0 Å². The molecule has 0 aromatic heterocycles. The summed E-state index contributed by atoms with van der Waals surface area (Å²) in [5.41, 5.74) is 1.18. The number of hydrogen-bond donors (Lipinski definition) is 1. The van der Waals surface area contributed by atoms with Crippen LogP contribution >= 0.6 is 11.6 Å². The smallest absolute Gasteiger partial charge is 0.310 e. The second kappa shape index (κ2) is 9.14. The zero-order chi connectivity index (χ0) is 20.0. The number of amides is 1. The number of methoxy groups -OCH3 is 1. The molecule has 0 unspecified atom stereocenters. The summed E-state index contributed by atoms with van der Waals surface area (Å²) in [5, 5.41) is 2.30. The lowest BCUT2D eigenvalue weighted by molar-refractivity contribution is -0.146. The van der Waals surface area contributed by atoms with Gasteiger partial charge in [0, 0.05) is 16.8 Å². The van der Waals surface area contributed by atoms with Crippen molar-refractivity contribution in [3.05, 3.63) is 58.4 Å². The Morgan fingerprint density at radius 2 is 1.89 bits per heavy atom. The number of halogens is 2. The topological polar surface area (TPSA) is 81.7 Å². The number of ether oxygens (including phenoxy) is 2. The fraction of sp³-hybridized carbons (Fsp3) is 0.211. The average molecular weight is 394 g/mol. The molecule has 0 saturated heterocycles. The van der Waals surface area contributed by atoms with E-state index in [9.17, 15) is 18.8 Å². The zero-order valence-corrected chi connectivity index (χ0v) is 15.4. The highest BCUT2D eigenvalue weighted by Crippen LogP contribution is 2.21. The number of Topliss-reactive ketones (excluding diaryl/α,β-unsaturated/α-hetero) is 1. The van der Waals surface area contributed by atoms with E-state index in [2.05, 4.69) is 5.32 Å². The molecule has 0 aliphatic rings. The Balaban J connectivity index is 1.93. The normalized spacial score (nSPS) is 10.2. The molecule has 0 atom stereocenters. The second-order valence-electron chi connectivity index (χ2n) is 5.60. The molecule has 142 valence electrons. The van der Waals surface area contributed by atoms with Gasteiger partial charge in [0.05, 0.1) is 18.6 Å². The highest BCUT2D eigenvalue weighted by Gasteiger charge is 2.14. The van der Waals surface area contributed by atoms with Crippen LogP contribution in [0.3, 0.4) is 0 Å². The molecule has 0 bridgehead atoms. The molecule has 0 spiro atoms. The Morgan fingerprint density at radius 1 is 1.15 bits per heavy atom. The van der Waals surface area contributed by atoms with Gasteiger partial charge in [0.15, 0.2) is 12.4 Å². The molecule has 0 heterocycles. The lowest BCUT2D eigenvalue weighted by Gasteiger charge is -2.10. The lowest BCUT2D eigenvalue weighted by atomic mass is 10.0. The summed E-state index contributed by atoms with van der Waals surface area (Å²) in [7, 11) is 1.44. The Labute approximate surface area is 160 Å².